The number of nitrogens with two attached hydrogens (primary N) is 1. The Hall–Kier alpha value is -4.27. The second kappa shape index (κ2) is 7.04. The number of amides is 2. The molecular weight excluding hydrogens is 374 g/mol. The Labute approximate surface area is 165 Å². The van der Waals surface area contributed by atoms with Crippen LogP contribution in [0.3, 0.4) is 0 Å². The van der Waals surface area contributed by atoms with Crippen molar-refractivity contribution in [1.82, 2.24) is 14.8 Å². The molecule has 4 aromatic rings. The number of nitrogens with one attached hydrogen (secondary N) is 1. The summed E-state index contributed by atoms with van der Waals surface area (Å²) in [6.07, 6.45) is 0. The number of carbonyl (C=O) groups excluding carboxylic acids is 1. The van der Waals surface area contributed by atoms with Crippen molar-refractivity contribution in [3.8, 4) is 34.3 Å². The van der Waals surface area contributed by atoms with Crippen LogP contribution in [0.5, 0.6) is 17.2 Å². The van der Waals surface area contributed by atoms with Gasteiger partial charge >= 0.3 is 6.03 Å². The third kappa shape index (κ3) is 3.14. The van der Waals surface area contributed by atoms with Crippen LogP contribution in [0.1, 0.15) is 0 Å². The van der Waals surface area contributed by atoms with Gasteiger partial charge in [0.2, 0.25) is 5.95 Å². The summed E-state index contributed by atoms with van der Waals surface area (Å²) >= 11 is 0. The quantitative estimate of drug-likeness (QED) is 0.422. The van der Waals surface area contributed by atoms with E-state index >= 15 is 0 Å². The first-order valence-corrected chi connectivity index (χ1v) is 8.60. The Bertz CT molecular complexity index is 1230. The number of anilines is 1. The molecule has 0 spiro atoms. The Balaban J connectivity index is 2.03. The molecule has 4 rings (SSSR count). The molecule has 1 heterocycles. The van der Waals surface area contributed by atoms with Crippen LogP contribution in [0.25, 0.3) is 27.8 Å². The van der Waals surface area contributed by atoms with Crippen molar-refractivity contribution < 1.29 is 19.7 Å². The number of ether oxygens (including phenoxy) is 1. The standard InChI is InChI=1S/C20H17N5O4/c1-29-17-9-13(15(26)10-16(17)27)18-23-24-20(22-19(21)28)25(18)14-8-4-6-11-5-2-3-7-12(11)14/h2-10,26-27H,1H3,(H3,21,22,24,28). The van der Waals surface area contributed by atoms with E-state index in [0.717, 1.165) is 16.8 Å². The molecule has 0 atom stereocenters. The van der Waals surface area contributed by atoms with E-state index in [1.165, 1.54) is 13.2 Å². The minimum absolute atomic E-state index is 0.0790. The van der Waals surface area contributed by atoms with Crippen molar-refractivity contribution in [2.24, 2.45) is 5.73 Å². The molecular formula is C20H17N5O4. The summed E-state index contributed by atoms with van der Waals surface area (Å²) in [5.74, 6) is -0.00542. The third-order valence-corrected chi connectivity index (χ3v) is 4.44. The summed E-state index contributed by atoms with van der Waals surface area (Å²) in [6, 6.07) is 15.1. The van der Waals surface area contributed by atoms with E-state index in [1.54, 1.807) is 4.57 Å². The van der Waals surface area contributed by atoms with Gasteiger partial charge in [-0.1, -0.05) is 36.4 Å². The van der Waals surface area contributed by atoms with Crippen molar-refractivity contribution in [2.45, 2.75) is 0 Å². The fourth-order valence-electron chi connectivity index (χ4n) is 3.18. The number of rotatable bonds is 4. The zero-order chi connectivity index (χ0) is 20.5. The van der Waals surface area contributed by atoms with E-state index in [9.17, 15) is 15.0 Å². The highest BCUT2D eigenvalue weighted by Gasteiger charge is 2.22. The Morgan fingerprint density at radius 3 is 2.59 bits per heavy atom. The number of urea groups is 1. The number of phenols is 2. The minimum Gasteiger partial charge on any atom is -0.507 e. The number of primary amides is 1. The molecule has 2 amide bonds. The first kappa shape index (κ1) is 18.1. The van der Waals surface area contributed by atoms with E-state index in [2.05, 4.69) is 15.5 Å². The lowest BCUT2D eigenvalue weighted by Gasteiger charge is -2.14. The van der Waals surface area contributed by atoms with Crippen molar-refractivity contribution in [3.05, 3.63) is 54.6 Å². The Kier molecular flexibility index (Phi) is 4.40. The largest absolute Gasteiger partial charge is 0.507 e. The molecule has 0 bridgehead atoms. The molecule has 0 saturated heterocycles. The van der Waals surface area contributed by atoms with Crippen molar-refractivity contribution in [3.63, 3.8) is 0 Å². The van der Waals surface area contributed by atoms with Gasteiger partial charge in [0.1, 0.15) is 5.75 Å². The molecule has 0 unspecified atom stereocenters. The maximum absolute atomic E-state index is 11.5. The predicted octanol–water partition coefficient (Wildman–Crippen LogP) is 3.00. The van der Waals surface area contributed by atoms with Crippen LogP contribution in [0, 0.1) is 0 Å². The van der Waals surface area contributed by atoms with Crippen LogP contribution in [-0.2, 0) is 0 Å². The third-order valence-electron chi connectivity index (χ3n) is 4.44. The van der Waals surface area contributed by atoms with E-state index in [4.69, 9.17) is 10.5 Å². The Morgan fingerprint density at radius 1 is 1.07 bits per heavy atom. The molecule has 5 N–H and O–H groups in total. The first-order chi connectivity index (χ1) is 14.0. The van der Waals surface area contributed by atoms with E-state index < -0.39 is 6.03 Å². The molecule has 0 radical (unpaired) electrons. The van der Waals surface area contributed by atoms with Gasteiger partial charge in [0.25, 0.3) is 0 Å². The lowest BCUT2D eigenvalue weighted by molar-refractivity contribution is 0.259. The van der Waals surface area contributed by atoms with E-state index in [0.29, 0.717) is 5.69 Å². The van der Waals surface area contributed by atoms with Crippen LogP contribution in [0.4, 0.5) is 10.7 Å². The number of aromatic hydroxyl groups is 2. The fourth-order valence-corrected chi connectivity index (χ4v) is 3.18. The van der Waals surface area contributed by atoms with Gasteiger partial charge in [-0.3, -0.25) is 9.88 Å². The number of hydrogen-bond acceptors (Lipinski definition) is 6. The van der Waals surface area contributed by atoms with Crippen LogP contribution in [-0.4, -0.2) is 38.1 Å². The van der Waals surface area contributed by atoms with Crippen LogP contribution >= 0.6 is 0 Å². The molecule has 0 fully saturated rings. The molecule has 0 aliphatic rings. The van der Waals surface area contributed by atoms with Crippen LogP contribution in [0.2, 0.25) is 0 Å². The average molecular weight is 391 g/mol. The molecule has 146 valence electrons. The molecule has 0 aliphatic heterocycles. The van der Waals surface area contributed by atoms with Gasteiger partial charge < -0.3 is 20.7 Å². The number of phenolic OH excluding ortho intramolecular Hbond substituents is 2. The van der Waals surface area contributed by atoms with Crippen molar-refractivity contribution in [1.29, 1.82) is 0 Å². The summed E-state index contributed by atoms with van der Waals surface area (Å²) in [4.78, 5) is 11.5. The topological polar surface area (TPSA) is 136 Å². The van der Waals surface area contributed by atoms with Gasteiger partial charge in [-0.2, -0.15) is 0 Å². The van der Waals surface area contributed by atoms with Gasteiger partial charge in [-0.25, -0.2) is 4.79 Å². The van der Waals surface area contributed by atoms with Gasteiger partial charge in [0.15, 0.2) is 17.3 Å². The number of nitrogens with zero attached hydrogens (tertiary/aromatic N) is 3. The average Bonchev–Trinajstić information content (AvgIpc) is 3.10. The number of fused-ring (bicyclic) bond motifs is 1. The smallest absolute Gasteiger partial charge is 0.319 e. The van der Waals surface area contributed by atoms with Crippen LogP contribution < -0.4 is 15.8 Å². The minimum atomic E-state index is -0.807. The zero-order valence-corrected chi connectivity index (χ0v) is 15.3. The monoisotopic (exact) mass is 391 g/mol. The summed E-state index contributed by atoms with van der Waals surface area (Å²) in [5, 5.41) is 32.8. The summed E-state index contributed by atoms with van der Waals surface area (Å²) in [7, 11) is 1.39. The molecule has 9 nitrogen and oxygen atoms in total. The number of benzene rings is 3. The molecule has 29 heavy (non-hydrogen) atoms. The van der Waals surface area contributed by atoms with Crippen molar-refractivity contribution in [2.75, 3.05) is 12.4 Å². The molecule has 1 aromatic heterocycles. The van der Waals surface area contributed by atoms with Gasteiger partial charge in [-0.05, 0) is 17.5 Å². The highest BCUT2D eigenvalue weighted by Crippen LogP contribution is 2.40. The number of methoxy groups -OCH3 is 1. The summed E-state index contributed by atoms with van der Waals surface area (Å²) in [5.41, 5.74) is 6.21. The first-order valence-electron chi connectivity index (χ1n) is 8.60. The number of aromatic nitrogens is 3. The lowest BCUT2D eigenvalue weighted by atomic mass is 10.1. The Morgan fingerprint density at radius 2 is 1.83 bits per heavy atom. The van der Waals surface area contributed by atoms with Gasteiger partial charge in [-0.15, -0.1) is 10.2 Å². The van der Waals surface area contributed by atoms with E-state index in [1.807, 2.05) is 42.5 Å². The van der Waals surface area contributed by atoms with Crippen LogP contribution in [0.15, 0.2) is 54.6 Å². The predicted molar refractivity (Wildman–Crippen MR) is 107 cm³/mol. The second-order valence-corrected chi connectivity index (χ2v) is 6.21. The highest BCUT2D eigenvalue weighted by molar-refractivity contribution is 5.93. The SMILES string of the molecule is COc1cc(-c2nnc(NC(N)=O)n2-c2cccc3ccccc23)c(O)cc1O. The highest BCUT2D eigenvalue weighted by atomic mass is 16.5. The van der Waals surface area contributed by atoms with Gasteiger partial charge in [0, 0.05) is 11.5 Å². The molecule has 9 heteroatoms. The van der Waals surface area contributed by atoms with Gasteiger partial charge in [0.05, 0.1) is 18.4 Å². The fraction of sp³-hybridized carbons (Fsp3) is 0.0500. The number of hydrogen-bond donors (Lipinski definition) is 4. The number of carbonyl (C=O) groups is 1. The second-order valence-electron chi connectivity index (χ2n) is 6.21. The molecule has 0 aliphatic carbocycles. The normalized spacial score (nSPS) is 10.8. The summed E-state index contributed by atoms with van der Waals surface area (Å²) in [6.45, 7) is 0. The molecule has 0 saturated carbocycles. The summed E-state index contributed by atoms with van der Waals surface area (Å²) < 4.78 is 6.71. The maximum atomic E-state index is 11.5. The lowest BCUT2D eigenvalue weighted by Crippen LogP contribution is -2.22. The van der Waals surface area contributed by atoms with Crippen molar-refractivity contribution >= 4 is 22.8 Å². The molecule has 3 aromatic carbocycles. The zero-order valence-electron chi connectivity index (χ0n) is 15.3. The maximum Gasteiger partial charge on any atom is 0.319 e. The van der Waals surface area contributed by atoms with E-state index in [-0.39, 0.29) is 34.6 Å².